The molecule has 4 N–H and O–H groups in total. The van der Waals surface area contributed by atoms with E-state index in [1.165, 1.54) is 15.6 Å². The molecule has 5 rings (SSSR count). The van der Waals surface area contributed by atoms with Gasteiger partial charge in [0.05, 0.1) is 15.1 Å². The molecule has 0 unspecified atom stereocenters. The number of nitrogens with one attached hydrogen (secondary N) is 2. The first-order valence-corrected chi connectivity index (χ1v) is 14.1. The quantitative estimate of drug-likeness (QED) is 0.332. The summed E-state index contributed by atoms with van der Waals surface area (Å²) in [7, 11) is -3.48. The van der Waals surface area contributed by atoms with E-state index in [0.717, 1.165) is 44.8 Å². The zero-order valence-corrected chi connectivity index (χ0v) is 21.6. The van der Waals surface area contributed by atoms with E-state index in [0.29, 0.717) is 36.2 Å². The molecule has 1 saturated heterocycles. The van der Waals surface area contributed by atoms with E-state index in [4.69, 9.17) is 5.73 Å². The van der Waals surface area contributed by atoms with Gasteiger partial charge in [-0.3, -0.25) is 0 Å². The van der Waals surface area contributed by atoms with Crippen LogP contribution in [0.4, 0.5) is 16.6 Å². The Balaban J connectivity index is 1.30. The van der Waals surface area contributed by atoms with Gasteiger partial charge >= 0.3 is 0 Å². The Morgan fingerprint density at radius 3 is 2.58 bits per heavy atom. The standard InChI is InChI=1S/C26H28N6O2S2/c1-2-20-15-19(4-3-18-5-10-23-24(16-18)35-26(27)31-23)17-29-25(20)30-21-6-8-22(9-7-21)36(33,34)32-13-11-28-12-14-32/h3-10,15-17,28H,2,11-14H2,1H3,(H2,27,31)(H,29,30)/b4-3+. The lowest BCUT2D eigenvalue weighted by Crippen LogP contribution is -2.46. The monoisotopic (exact) mass is 520 g/mol. The summed E-state index contributed by atoms with van der Waals surface area (Å²) in [4.78, 5) is 9.24. The van der Waals surface area contributed by atoms with Gasteiger partial charge in [-0.1, -0.05) is 36.5 Å². The van der Waals surface area contributed by atoms with E-state index in [-0.39, 0.29) is 0 Å². The van der Waals surface area contributed by atoms with Gasteiger partial charge in [-0.25, -0.2) is 18.4 Å². The third-order valence-electron chi connectivity index (χ3n) is 6.10. The summed E-state index contributed by atoms with van der Waals surface area (Å²) < 4.78 is 28.3. The van der Waals surface area contributed by atoms with E-state index in [2.05, 4.69) is 45.7 Å². The average molecular weight is 521 g/mol. The van der Waals surface area contributed by atoms with Crippen molar-refractivity contribution < 1.29 is 8.42 Å². The number of anilines is 3. The number of nitrogens with zero attached hydrogens (tertiary/aromatic N) is 3. The number of aryl methyl sites for hydroxylation is 1. The van der Waals surface area contributed by atoms with E-state index in [1.54, 1.807) is 24.3 Å². The van der Waals surface area contributed by atoms with Crippen molar-refractivity contribution in [2.24, 2.45) is 0 Å². The fourth-order valence-corrected chi connectivity index (χ4v) is 6.36. The van der Waals surface area contributed by atoms with Crippen LogP contribution in [0.5, 0.6) is 0 Å². The SMILES string of the molecule is CCc1cc(/C=C/c2ccc3nc(N)sc3c2)cnc1Nc1ccc(S(=O)(=O)N2CCNCC2)cc1. The van der Waals surface area contributed by atoms with Gasteiger partial charge in [0.15, 0.2) is 5.13 Å². The molecule has 186 valence electrons. The lowest BCUT2D eigenvalue weighted by molar-refractivity contribution is 0.360. The van der Waals surface area contributed by atoms with Gasteiger partial charge in [0.25, 0.3) is 0 Å². The maximum atomic E-state index is 12.9. The van der Waals surface area contributed by atoms with Gasteiger partial charge < -0.3 is 16.4 Å². The van der Waals surface area contributed by atoms with Crippen molar-refractivity contribution >= 4 is 60.4 Å². The molecule has 0 amide bonds. The molecule has 1 aliphatic heterocycles. The average Bonchev–Trinajstić information content (AvgIpc) is 3.28. The highest BCUT2D eigenvalue weighted by atomic mass is 32.2. The highest BCUT2D eigenvalue weighted by Gasteiger charge is 2.25. The molecule has 1 aliphatic rings. The number of thiazole rings is 1. The van der Waals surface area contributed by atoms with Crippen LogP contribution in [0, 0.1) is 0 Å². The van der Waals surface area contributed by atoms with Crippen molar-refractivity contribution in [1.82, 2.24) is 19.6 Å². The van der Waals surface area contributed by atoms with Crippen LogP contribution in [0.2, 0.25) is 0 Å². The van der Waals surface area contributed by atoms with Gasteiger partial charge in [-0.15, -0.1) is 0 Å². The number of fused-ring (bicyclic) bond motifs is 1. The van der Waals surface area contributed by atoms with Crippen molar-refractivity contribution in [1.29, 1.82) is 0 Å². The second-order valence-electron chi connectivity index (χ2n) is 8.55. The van der Waals surface area contributed by atoms with Crippen molar-refractivity contribution in [3.05, 3.63) is 71.4 Å². The summed E-state index contributed by atoms with van der Waals surface area (Å²) in [5.41, 5.74) is 10.6. The minimum atomic E-state index is -3.48. The first-order chi connectivity index (χ1) is 17.4. The van der Waals surface area contributed by atoms with Crippen LogP contribution in [-0.2, 0) is 16.4 Å². The van der Waals surface area contributed by atoms with Crippen LogP contribution in [0.25, 0.3) is 22.4 Å². The van der Waals surface area contributed by atoms with Crippen molar-refractivity contribution in [2.45, 2.75) is 18.2 Å². The highest BCUT2D eigenvalue weighted by molar-refractivity contribution is 7.89. The number of piperazine rings is 1. The van der Waals surface area contributed by atoms with Gasteiger partial charge in [-0.05, 0) is 65.6 Å². The lowest BCUT2D eigenvalue weighted by Gasteiger charge is -2.26. The number of sulfonamides is 1. The molecular formula is C26H28N6O2S2. The van der Waals surface area contributed by atoms with Crippen molar-refractivity contribution in [2.75, 3.05) is 37.2 Å². The third kappa shape index (κ3) is 5.26. The van der Waals surface area contributed by atoms with Gasteiger partial charge in [-0.2, -0.15) is 4.31 Å². The molecule has 2 aromatic heterocycles. The molecule has 8 nitrogen and oxygen atoms in total. The van der Waals surface area contributed by atoms with E-state index in [1.807, 2.05) is 24.4 Å². The number of rotatable bonds is 7. The minimum absolute atomic E-state index is 0.304. The van der Waals surface area contributed by atoms with Crippen LogP contribution < -0.4 is 16.4 Å². The Hall–Kier alpha value is -3.31. The summed E-state index contributed by atoms with van der Waals surface area (Å²) >= 11 is 1.48. The zero-order chi connectivity index (χ0) is 25.1. The number of hydrogen-bond acceptors (Lipinski definition) is 8. The summed E-state index contributed by atoms with van der Waals surface area (Å²) in [6.45, 7) is 4.40. The zero-order valence-electron chi connectivity index (χ0n) is 19.9. The van der Waals surface area contributed by atoms with Crippen molar-refractivity contribution in [3.63, 3.8) is 0 Å². The number of aromatic nitrogens is 2. The molecule has 10 heteroatoms. The number of hydrogen-bond donors (Lipinski definition) is 3. The predicted molar refractivity (Wildman–Crippen MR) is 148 cm³/mol. The Bertz CT molecular complexity index is 1510. The normalized spacial score (nSPS) is 15.0. The van der Waals surface area contributed by atoms with E-state index in [9.17, 15) is 8.42 Å². The predicted octanol–water partition coefficient (Wildman–Crippen LogP) is 4.34. The van der Waals surface area contributed by atoms with Crippen LogP contribution in [0.15, 0.2) is 59.6 Å². The second kappa shape index (κ2) is 10.4. The first-order valence-electron chi connectivity index (χ1n) is 11.8. The Morgan fingerprint density at radius 2 is 1.83 bits per heavy atom. The number of nitrogens with two attached hydrogens (primary N) is 1. The van der Waals surface area contributed by atoms with E-state index >= 15 is 0 Å². The van der Waals surface area contributed by atoms with E-state index < -0.39 is 10.0 Å². The van der Waals surface area contributed by atoms with Crippen LogP contribution in [0.3, 0.4) is 0 Å². The summed E-state index contributed by atoms with van der Waals surface area (Å²) in [5.74, 6) is 0.758. The molecule has 2 aromatic carbocycles. The molecule has 0 spiro atoms. The Kier molecular flexibility index (Phi) is 7.01. The largest absolute Gasteiger partial charge is 0.375 e. The number of nitrogen functional groups attached to an aromatic ring is 1. The molecule has 1 fully saturated rings. The molecule has 0 radical (unpaired) electrons. The number of pyridine rings is 1. The van der Waals surface area contributed by atoms with Crippen LogP contribution >= 0.6 is 11.3 Å². The Morgan fingerprint density at radius 1 is 1.08 bits per heavy atom. The molecule has 0 bridgehead atoms. The maximum absolute atomic E-state index is 12.9. The van der Waals surface area contributed by atoms with Gasteiger partial charge in [0.2, 0.25) is 10.0 Å². The molecule has 0 atom stereocenters. The summed E-state index contributed by atoms with van der Waals surface area (Å²) in [6.07, 6.45) is 6.72. The molecule has 36 heavy (non-hydrogen) atoms. The molecule has 3 heterocycles. The first kappa shape index (κ1) is 24.4. The van der Waals surface area contributed by atoms with Crippen LogP contribution in [-0.4, -0.2) is 48.9 Å². The summed E-state index contributed by atoms with van der Waals surface area (Å²) in [5, 5.41) is 7.08. The van der Waals surface area contributed by atoms with Gasteiger partial charge in [0, 0.05) is 38.1 Å². The maximum Gasteiger partial charge on any atom is 0.243 e. The fraction of sp³-hybridized carbons (Fsp3) is 0.231. The smallest absolute Gasteiger partial charge is 0.243 e. The molecule has 0 aliphatic carbocycles. The topological polar surface area (TPSA) is 113 Å². The van der Waals surface area contributed by atoms with Crippen molar-refractivity contribution in [3.8, 4) is 0 Å². The third-order valence-corrected chi connectivity index (χ3v) is 8.86. The fourth-order valence-electron chi connectivity index (χ4n) is 4.14. The molecule has 4 aromatic rings. The second-order valence-corrected chi connectivity index (χ2v) is 11.5. The lowest BCUT2D eigenvalue weighted by atomic mass is 10.1. The highest BCUT2D eigenvalue weighted by Crippen LogP contribution is 2.26. The van der Waals surface area contributed by atoms with Gasteiger partial charge in [0.1, 0.15) is 5.82 Å². The minimum Gasteiger partial charge on any atom is -0.375 e. The van der Waals surface area contributed by atoms with Crippen LogP contribution in [0.1, 0.15) is 23.6 Å². The number of benzene rings is 2. The Labute approximate surface area is 214 Å². The summed E-state index contributed by atoms with van der Waals surface area (Å²) in [6, 6.07) is 15.1. The molecule has 0 saturated carbocycles. The molecular weight excluding hydrogens is 492 g/mol.